The number of carbonyl (C=O) groups is 2. The Morgan fingerprint density at radius 1 is 1.07 bits per heavy atom. The van der Waals surface area contributed by atoms with Gasteiger partial charge in [0.05, 0.1) is 11.9 Å². The Morgan fingerprint density at radius 3 is 2.55 bits per heavy atom. The molecule has 5 nitrogen and oxygen atoms in total. The summed E-state index contributed by atoms with van der Waals surface area (Å²) in [5, 5.41) is 11.9. The molecule has 6 heteroatoms. The highest BCUT2D eigenvalue weighted by molar-refractivity contribution is 7.09. The number of hydrogen-bond acceptors (Lipinski definition) is 4. The predicted octanol–water partition coefficient (Wildman–Crippen LogP) is 4.91. The molecule has 2 heterocycles. The van der Waals surface area contributed by atoms with Crippen LogP contribution in [0.25, 0.3) is 10.9 Å². The van der Waals surface area contributed by atoms with Crippen LogP contribution in [0.2, 0.25) is 0 Å². The maximum absolute atomic E-state index is 13.1. The van der Waals surface area contributed by atoms with E-state index in [-0.39, 0.29) is 12.3 Å². The van der Waals surface area contributed by atoms with Crippen molar-refractivity contribution in [3.8, 4) is 5.75 Å². The summed E-state index contributed by atoms with van der Waals surface area (Å²) >= 11 is 1.64. The third-order valence-corrected chi connectivity index (χ3v) is 5.58. The molecule has 0 aliphatic carbocycles. The second-order valence-electron chi connectivity index (χ2n) is 6.74. The number of aryl methyl sites for hydroxylation is 1. The van der Waals surface area contributed by atoms with Crippen LogP contribution in [0.15, 0.2) is 66.0 Å². The molecule has 0 saturated carbocycles. The lowest BCUT2D eigenvalue weighted by Gasteiger charge is -2.09. The van der Waals surface area contributed by atoms with Crippen LogP contribution in [0.3, 0.4) is 0 Å². The van der Waals surface area contributed by atoms with Crippen LogP contribution in [-0.2, 0) is 17.8 Å². The van der Waals surface area contributed by atoms with E-state index in [4.69, 9.17) is 9.84 Å². The number of carboxylic acids is 1. The van der Waals surface area contributed by atoms with Crippen molar-refractivity contribution in [2.24, 2.45) is 0 Å². The maximum atomic E-state index is 13.1. The highest BCUT2D eigenvalue weighted by Crippen LogP contribution is 2.25. The van der Waals surface area contributed by atoms with Gasteiger partial charge in [0, 0.05) is 21.5 Å². The molecular weight excluding hydrogens is 386 g/mol. The average Bonchev–Trinajstić information content (AvgIpc) is 3.33. The van der Waals surface area contributed by atoms with Gasteiger partial charge in [-0.2, -0.15) is 0 Å². The molecule has 2 aromatic heterocycles. The maximum Gasteiger partial charge on any atom is 0.307 e. The topological polar surface area (TPSA) is 68.5 Å². The van der Waals surface area contributed by atoms with E-state index in [0.29, 0.717) is 29.0 Å². The number of ether oxygens (including phenoxy) is 1. The van der Waals surface area contributed by atoms with Gasteiger partial charge in [-0.15, -0.1) is 11.3 Å². The fraction of sp³-hybridized carbons (Fsp3) is 0.130. The number of nitrogens with zero attached hydrogens (tertiary/aromatic N) is 1. The van der Waals surface area contributed by atoms with E-state index in [2.05, 4.69) is 0 Å². The molecule has 0 atom stereocenters. The standard InChI is InChI=1S/C23H19NO4S/c1-15-12-20-17(13-22(25)26)4-2-6-21(20)24(15)23(27)16-7-9-18(10-8-16)28-14-19-5-3-11-29-19/h2-12H,13-14H2,1H3,(H,25,26). The zero-order valence-electron chi connectivity index (χ0n) is 15.8. The van der Waals surface area contributed by atoms with E-state index in [1.54, 1.807) is 52.3 Å². The van der Waals surface area contributed by atoms with Crippen molar-refractivity contribution in [2.45, 2.75) is 20.0 Å². The quantitative estimate of drug-likeness (QED) is 0.495. The lowest BCUT2D eigenvalue weighted by atomic mass is 10.1. The first-order valence-electron chi connectivity index (χ1n) is 9.14. The lowest BCUT2D eigenvalue weighted by molar-refractivity contribution is -0.136. The van der Waals surface area contributed by atoms with E-state index >= 15 is 0 Å². The van der Waals surface area contributed by atoms with Crippen LogP contribution >= 0.6 is 11.3 Å². The van der Waals surface area contributed by atoms with Gasteiger partial charge >= 0.3 is 5.97 Å². The lowest BCUT2D eigenvalue weighted by Crippen LogP contribution is -2.13. The summed E-state index contributed by atoms with van der Waals surface area (Å²) in [6.45, 7) is 2.35. The Kier molecular flexibility index (Phi) is 5.18. The first-order valence-corrected chi connectivity index (χ1v) is 10.0. The molecule has 0 aliphatic heterocycles. The van der Waals surface area contributed by atoms with Crippen LogP contribution in [0.5, 0.6) is 5.75 Å². The first-order chi connectivity index (χ1) is 14.0. The molecule has 0 fully saturated rings. The largest absolute Gasteiger partial charge is 0.488 e. The minimum absolute atomic E-state index is 0.0781. The number of carboxylic acid groups (broad SMARTS) is 1. The number of aliphatic carboxylic acids is 1. The molecule has 1 N–H and O–H groups in total. The minimum atomic E-state index is -0.896. The Hall–Kier alpha value is -3.38. The van der Waals surface area contributed by atoms with Gasteiger partial charge in [-0.25, -0.2) is 0 Å². The Morgan fingerprint density at radius 2 is 1.86 bits per heavy atom. The number of fused-ring (bicyclic) bond motifs is 1. The van der Waals surface area contributed by atoms with E-state index in [0.717, 1.165) is 16.0 Å². The fourth-order valence-electron chi connectivity index (χ4n) is 3.38. The molecule has 0 bridgehead atoms. The molecule has 4 rings (SSSR count). The Bertz CT molecular complexity index is 1170. The van der Waals surface area contributed by atoms with Gasteiger partial charge in [-0.05, 0) is 60.3 Å². The van der Waals surface area contributed by atoms with Gasteiger partial charge in [0.2, 0.25) is 0 Å². The Balaban J connectivity index is 1.60. The van der Waals surface area contributed by atoms with Crippen molar-refractivity contribution < 1.29 is 19.4 Å². The predicted molar refractivity (Wildman–Crippen MR) is 113 cm³/mol. The number of aromatic nitrogens is 1. The van der Waals surface area contributed by atoms with Gasteiger partial charge in [-0.1, -0.05) is 18.2 Å². The molecule has 0 aliphatic rings. The molecule has 4 aromatic rings. The van der Waals surface area contributed by atoms with Crippen LogP contribution in [0.4, 0.5) is 0 Å². The van der Waals surface area contributed by atoms with E-state index in [9.17, 15) is 9.59 Å². The summed E-state index contributed by atoms with van der Waals surface area (Å²) in [7, 11) is 0. The number of hydrogen-bond donors (Lipinski definition) is 1. The molecule has 2 aromatic carbocycles. The van der Waals surface area contributed by atoms with Gasteiger partial charge in [0.15, 0.2) is 0 Å². The number of carbonyl (C=O) groups excluding carboxylic acids is 1. The third-order valence-electron chi connectivity index (χ3n) is 4.73. The van der Waals surface area contributed by atoms with Crippen molar-refractivity contribution in [3.63, 3.8) is 0 Å². The zero-order chi connectivity index (χ0) is 20.4. The SMILES string of the molecule is Cc1cc2c(CC(=O)O)cccc2n1C(=O)c1ccc(OCc2cccs2)cc1. The summed E-state index contributed by atoms with van der Waals surface area (Å²) in [5.41, 5.74) is 2.71. The Labute approximate surface area is 171 Å². The van der Waals surface area contributed by atoms with Crippen molar-refractivity contribution in [1.29, 1.82) is 0 Å². The zero-order valence-corrected chi connectivity index (χ0v) is 16.6. The normalized spacial score (nSPS) is 10.9. The fourth-order valence-corrected chi connectivity index (χ4v) is 4.00. The summed E-state index contributed by atoms with van der Waals surface area (Å²) in [6, 6.07) is 18.3. The highest BCUT2D eigenvalue weighted by Gasteiger charge is 2.17. The molecule has 0 spiro atoms. The molecule has 0 amide bonds. The molecule has 0 saturated heterocycles. The molecule has 0 unspecified atom stereocenters. The summed E-state index contributed by atoms with van der Waals surface area (Å²) in [5.74, 6) is -0.352. The third kappa shape index (κ3) is 3.93. The molecule has 0 radical (unpaired) electrons. The smallest absolute Gasteiger partial charge is 0.307 e. The summed E-state index contributed by atoms with van der Waals surface area (Å²) < 4.78 is 7.39. The van der Waals surface area contributed by atoms with Crippen molar-refractivity contribution in [2.75, 3.05) is 0 Å². The number of rotatable bonds is 6. The second-order valence-corrected chi connectivity index (χ2v) is 7.77. The highest BCUT2D eigenvalue weighted by atomic mass is 32.1. The van der Waals surface area contributed by atoms with Crippen molar-refractivity contribution in [3.05, 3.63) is 87.7 Å². The minimum Gasteiger partial charge on any atom is -0.488 e. The van der Waals surface area contributed by atoms with E-state index in [1.165, 1.54) is 0 Å². The van der Waals surface area contributed by atoms with Crippen LogP contribution in [0.1, 0.15) is 26.5 Å². The molecular formula is C23H19NO4S. The van der Waals surface area contributed by atoms with Crippen LogP contribution < -0.4 is 4.74 Å². The van der Waals surface area contributed by atoms with Gasteiger partial charge in [0.1, 0.15) is 12.4 Å². The molecule has 146 valence electrons. The molecule has 29 heavy (non-hydrogen) atoms. The summed E-state index contributed by atoms with van der Waals surface area (Å²) in [4.78, 5) is 25.4. The van der Waals surface area contributed by atoms with Crippen LogP contribution in [0, 0.1) is 6.92 Å². The van der Waals surface area contributed by atoms with Gasteiger partial charge in [0.25, 0.3) is 5.91 Å². The number of benzene rings is 2. The van der Waals surface area contributed by atoms with Crippen molar-refractivity contribution in [1.82, 2.24) is 4.57 Å². The van der Waals surface area contributed by atoms with E-state index < -0.39 is 5.97 Å². The summed E-state index contributed by atoms with van der Waals surface area (Å²) in [6.07, 6.45) is -0.0781. The van der Waals surface area contributed by atoms with E-state index in [1.807, 2.05) is 36.6 Å². The monoisotopic (exact) mass is 405 g/mol. The second kappa shape index (κ2) is 7.93. The van der Waals surface area contributed by atoms with Gasteiger partial charge < -0.3 is 9.84 Å². The van der Waals surface area contributed by atoms with Crippen molar-refractivity contribution >= 4 is 34.1 Å². The van der Waals surface area contributed by atoms with Crippen LogP contribution in [-0.4, -0.2) is 21.6 Å². The average molecular weight is 405 g/mol. The number of thiophene rings is 1. The van der Waals surface area contributed by atoms with Gasteiger partial charge in [-0.3, -0.25) is 14.2 Å². The first kappa shape index (κ1) is 19.0.